The Hall–Kier alpha value is -2.63. The van der Waals surface area contributed by atoms with Gasteiger partial charge in [-0.25, -0.2) is 4.98 Å². The number of hydrogen-bond acceptors (Lipinski definition) is 4. The molecule has 5 heteroatoms. The van der Waals surface area contributed by atoms with Gasteiger partial charge in [-0.3, -0.25) is 0 Å². The van der Waals surface area contributed by atoms with E-state index in [1.807, 2.05) is 16.7 Å². The minimum atomic E-state index is -0.334. The van der Waals surface area contributed by atoms with E-state index in [0.717, 1.165) is 17.8 Å². The molecule has 1 atom stereocenters. The Labute approximate surface area is 110 Å². The van der Waals surface area contributed by atoms with Crippen molar-refractivity contribution in [2.75, 3.05) is 6.61 Å². The van der Waals surface area contributed by atoms with E-state index in [0.29, 0.717) is 17.7 Å². The van der Waals surface area contributed by atoms with Crippen molar-refractivity contribution in [2.45, 2.75) is 12.6 Å². The number of fused-ring (bicyclic) bond motifs is 1. The summed E-state index contributed by atoms with van der Waals surface area (Å²) in [6.45, 7) is 1.32. The number of nitrogens with zero attached hydrogens (tertiary/aromatic N) is 4. The van der Waals surface area contributed by atoms with E-state index < -0.39 is 0 Å². The smallest absolute Gasteiger partial charge is 0.125 e. The Balaban J connectivity index is 2.16. The van der Waals surface area contributed by atoms with Crippen LogP contribution in [0.25, 0.3) is 0 Å². The lowest BCUT2D eigenvalue weighted by molar-refractivity contribution is 0.0463. The third-order valence-corrected chi connectivity index (χ3v) is 3.24. The second kappa shape index (κ2) is 4.56. The Bertz CT molecular complexity index is 705. The maximum Gasteiger partial charge on any atom is 0.125 e. The molecule has 5 nitrogen and oxygen atoms in total. The first-order chi connectivity index (χ1) is 9.35. The molecule has 0 saturated carbocycles. The van der Waals surface area contributed by atoms with Crippen LogP contribution in [0.3, 0.4) is 0 Å². The molecule has 0 N–H and O–H groups in total. The second-order valence-electron chi connectivity index (χ2n) is 4.26. The molecule has 1 aliphatic rings. The molecular formula is C14H10N4O. The highest BCUT2D eigenvalue weighted by Gasteiger charge is 2.26. The molecule has 0 saturated heterocycles. The first-order valence-corrected chi connectivity index (χ1v) is 5.90. The number of nitriles is 2. The summed E-state index contributed by atoms with van der Waals surface area (Å²) < 4.78 is 7.78. The van der Waals surface area contributed by atoms with Gasteiger partial charge >= 0.3 is 0 Å². The quantitative estimate of drug-likeness (QED) is 0.772. The Morgan fingerprint density at radius 3 is 3.00 bits per heavy atom. The van der Waals surface area contributed by atoms with Gasteiger partial charge in [0.05, 0.1) is 36.0 Å². The molecule has 3 rings (SSSR count). The maximum atomic E-state index is 9.28. The summed E-state index contributed by atoms with van der Waals surface area (Å²) in [6.07, 6.45) is 3.16. The number of hydrogen-bond donors (Lipinski definition) is 0. The fourth-order valence-electron chi connectivity index (χ4n) is 2.35. The molecule has 1 aliphatic heterocycles. The number of benzene rings is 1. The SMILES string of the molecule is N#Cc1cccc(C2OCCn3cncc32)c1C#N. The molecule has 0 aliphatic carbocycles. The average Bonchev–Trinajstić information content (AvgIpc) is 2.94. The van der Waals surface area contributed by atoms with Crippen molar-refractivity contribution >= 4 is 0 Å². The third-order valence-electron chi connectivity index (χ3n) is 3.24. The van der Waals surface area contributed by atoms with Gasteiger partial charge in [-0.15, -0.1) is 0 Å². The molecule has 19 heavy (non-hydrogen) atoms. The fraction of sp³-hybridized carbons (Fsp3) is 0.214. The molecule has 1 aromatic heterocycles. The van der Waals surface area contributed by atoms with E-state index in [1.54, 1.807) is 24.7 Å². The zero-order valence-electron chi connectivity index (χ0n) is 10.1. The van der Waals surface area contributed by atoms with E-state index in [9.17, 15) is 5.26 Å². The standard InChI is InChI=1S/C14H10N4O/c15-6-10-2-1-3-11(12(10)7-16)14-13-8-17-9-18(13)4-5-19-14/h1-3,8-9,14H,4-5H2. The first kappa shape index (κ1) is 11.5. The highest BCUT2D eigenvalue weighted by molar-refractivity contribution is 5.52. The van der Waals surface area contributed by atoms with Crippen molar-refractivity contribution in [3.05, 3.63) is 53.1 Å². The monoisotopic (exact) mass is 250 g/mol. The normalized spacial score (nSPS) is 17.3. The van der Waals surface area contributed by atoms with Crippen LogP contribution in [0, 0.1) is 22.7 Å². The lowest BCUT2D eigenvalue weighted by Gasteiger charge is -2.25. The lowest BCUT2D eigenvalue weighted by Crippen LogP contribution is -2.22. The van der Waals surface area contributed by atoms with Crippen molar-refractivity contribution < 1.29 is 4.74 Å². The minimum Gasteiger partial charge on any atom is -0.365 e. The Morgan fingerprint density at radius 2 is 2.21 bits per heavy atom. The van der Waals surface area contributed by atoms with Crippen molar-refractivity contribution in [1.82, 2.24) is 9.55 Å². The minimum absolute atomic E-state index is 0.334. The van der Waals surface area contributed by atoms with Gasteiger partial charge in [0.1, 0.15) is 18.2 Å². The Morgan fingerprint density at radius 1 is 1.32 bits per heavy atom. The summed E-state index contributed by atoms with van der Waals surface area (Å²) in [7, 11) is 0. The van der Waals surface area contributed by atoms with Crippen LogP contribution in [-0.2, 0) is 11.3 Å². The molecule has 92 valence electrons. The van der Waals surface area contributed by atoms with Gasteiger partial charge in [0.25, 0.3) is 0 Å². The van der Waals surface area contributed by atoms with Crippen LogP contribution < -0.4 is 0 Å². The predicted molar refractivity (Wildman–Crippen MR) is 65.9 cm³/mol. The van der Waals surface area contributed by atoms with E-state index in [4.69, 9.17) is 10.00 Å². The summed E-state index contributed by atoms with van der Waals surface area (Å²) in [5, 5.41) is 18.3. The lowest BCUT2D eigenvalue weighted by atomic mass is 9.96. The van der Waals surface area contributed by atoms with Crippen LogP contribution >= 0.6 is 0 Å². The summed E-state index contributed by atoms with van der Waals surface area (Å²) in [5.41, 5.74) is 2.39. The zero-order chi connectivity index (χ0) is 13.2. The molecule has 1 aromatic carbocycles. The predicted octanol–water partition coefficient (Wildman–Crippen LogP) is 1.75. The largest absolute Gasteiger partial charge is 0.365 e. The molecule has 0 radical (unpaired) electrons. The van der Waals surface area contributed by atoms with Gasteiger partial charge in [0, 0.05) is 12.1 Å². The molecule has 0 bridgehead atoms. The molecular weight excluding hydrogens is 240 g/mol. The number of imidazole rings is 1. The molecule has 2 aromatic rings. The van der Waals surface area contributed by atoms with E-state index in [2.05, 4.69) is 11.1 Å². The van der Waals surface area contributed by atoms with Crippen LogP contribution in [0.1, 0.15) is 28.5 Å². The summed E-state index contributed by atoms with van der Waals surface area (Å²) in [4.78, 5) is 4.11. The van der Waals surface area contributed by atoms with Gasteiger partial charge < -0.3 is 9.30 Å². The van der Waals surface area contributed by atoms with Crippen molar-refractivity contribution in [1.29, 1.82) is 10.5 Å². The number of ether oxygens (including phenoxy) is 1. The van der Waals surface area contributed by atoms with E-state index in [1.165, 1.54) is 0 Å². The van der Waals surface area contributed by atoms with Gasteiger partial charge in [-0.2, -0.15) is 10.5 Å². The Kier molecular flexibility index (Phi) is 2.75. The summed E-state index contributed by atoms with van der Waals surface area (Å²) in [6, 6.07) is 9.38. The third kappa shape index (κ3) is 1.77. The van der Waals surface area contributed by atoms with Crippen LogP contribution in [0.4, 0.5) is 0 Å². The highest BCUT2D eigenvalue weighted by Crippen LogP contribution is 2.31. The topological polar surface area (TPSA) is 74.6 Å². The van der Waals surface area contributed by atoms with Crippen LogP contribution in [-0.4, -0.2) is 16.2 Å². The molecule has 0 spiro atoms. The summed E-state index contributed by atoms with van der Waals surface area (Å²) >= 11 is 0. The van der Waals surface area contributed by atoms with Gasteiger partial charge in [-0.05, 0) is 6.07 Å². The van der Waals surface area contributed by atoms with Crippen molar-refractivity contribution in [3.8, 4) is 12.1 Å². The van der Waals surface area contributed by atoms with Crippen LogP contribution in [0.15, 0.2) is 30.7 Å². The number of aromatic nitrogens is 2. The molecule has 0 fully saturated rings. The van der Waals surface area contributed by atoms with E-state index >= 15 is 0 Å². The summed E-state index contributed by atoms with van der Waals surface area (Å²) in [5.74, 6) is 0. The maximum absolute atomic E-state index is 9.28. The highest BCUT2D eigenvalue weighted by atomic mass is 16.5. The van der Waals surface area contributed by atoms with Crippen LogP contribution in [0.5, 0.6) is 0 Å². The van der Waals surface area contributed by atoms with Gasteiger partial charge in [0.15, 0.2) is 0 Å². The fourth-order valence-corrected chi connectivity index (χ4v) is 2.35. The number of rotatable bonds is 1. The average molecular weight is 250 g/mol. The molecule has 1 unspecified atom stereocenters. The van der Waals surface area contributed by atoms with Gasteiger partial charge in [0.2, 0.25) is 0 Å². The van der Waals surface area contributed by atoms with Crippen molar-refractivity contribution in [3.63, 3.8) is 0 Å². The van der Waals surface area contributed by atoms with E-state index in [-0.39, 0.29) is 6.10 Å². The zero-order valence-corrected chi connectivity index (χ0v) is 10.1. The second-order valence-corrected chi connectivity index (χ2v) is 4.26. The van der Waals surface area contributed by atoms with Crippen LogP contribution in [0.2, 0.25) is 0 Å². The van der Waals surface area contributed by atoms with Crippen molar-refractivity contribution in [2.24, 2.45) is 0 Å². The molecule has 2 heterocycles. The molecule has 0 amide bonds. The van der Waals surface area contributed by atoms with Gasteiger partial charge in [-0.1, -0.05) is 12.1 Å². The first-order valence-electron chi connectivity index (χ1n) is 5.90.